The summed E-state index contributed by atoms with van der Waals surface area (Å²) in [6, 6.07) is 4.92. The van der Waals surface area contributed by atoms with Gasteiger partial charge in [-0.05, 0) is 26.0 Å². The first kappa shape index (κ1) is 17.2. The fraction of sp³-hybridized carbons (Fsp3) is 0.312. The minimum Gasteiger partial charge on any atom is -0.486 e. The summed E-state index contributed by atoms with van der Waals surface area (Å²) in [5.74, 6) is -1.29. The Bertz CT molecular complexity index is 926. The number of alkyl halides is 3. The molecule has 0 radical (unpaired) electrons. The van der Waals surface area contributed by atoms with Gasteiger partial charge in [-0.2, -0.15) is 18.4 Å². The van der Waals surface area contributed by atoms with E-state index in [2.05, 4.69) is 4.98 Å². The molecule has 3 rings (SSSR count). The van der Waals surface area contributed by atoms with Crippen molar-refractivity contribution >= 4 is 17.3 Å². The number of benzene rings is 1. The lowest BCUT2D eigenvalue weighted by Gasteiger charge is -2.17. The minimum absolute atomic E-state index is 0.103. The summed E-state index contributed by atoms with van der Waals surface area (Å²) >= 11 is 0.431. The molecule has 25 heavy (non-hydrogen) atoms. The summed E-state index contributed by atoms with van der Waals surface area (Å²) in [7, 11) is 0. The Hall–Kier alpha value is -2.60. The van der Waals surface area contributed by atoms with E-state index in [0.717, 1.165) is 0 Å². The van der Waals surface area contributed by atoms with Crippen molar-refractivity contribution in [2.75, 3.05) is 0 Å². The molecule has 1 aromatic carbocycles. The number of ether oxygens (including phenoxy) is 1. The van der Waals surface area contributed by atoms with Crippen molar-refractivity contribution in [3.8, 4) is 22.4 Å². The normalized spacial score (nSPS) is 15.4. The molecule has 9 heteroatoms. The fourth-order valence-electron chi connectivity index (χ4n) is 2.70. The van der Waals surface area contributed by atoms with Gasteiger partial charge in [-0.1, -0.05) is 0 Å². The first-order chi connectivity index (χ1) is 11.5. The SMILES string of the molecule is CC1(C)Cc2cc(-c3nc(C(F)(F)F)c(C(=O)O)s3)cc(C#N)c2O1. The second-order valence-electron chi connectivity index (χ2n) is 6.16. The van der Waals surface area contributed by atoms with Crippen molar-refractivity contribution < 1.29 is 27.8 Å². The van der Waals surface area contributed by atoms with Crippen molar-refractivity contribution in [2.45, 2.75) is 32.0 Å². The number of thiazole rings is 1. The summed E-state index contributed by atoms with van der Waals surface area (Å²) in [6.07, 6.45) is -4.39. The maximum Gasteiger partial charge on any atom is 0.435 e. The molecule has 2 heterocycles. The Morgan fingerprint density at radius 1 is 1.44 bits per heavy atom. The number of fused-ring (bicyclic) bond motifs is 1. The van der Waals surface area contributed by atoms with Crippen LogP contribution < -0.4 is 4.74 Å². The van der Waals surface area contributed by atoms with Gasteiger partial charge in [-0.25, -0.2) is 9.78 Å². The van der Waals surface area contributed by atoms with E-state index in [1.807, 2.05) is 19.9 Å². The molecule has 0 unspecified atom stereocenters. The van der Waals surface area contributed by atoms with Gasteiger partial charge in [0.2, 0.25) is 0 Å². The maximum absolute atomic E-state index is 13.0. The predicted octanol–water partition coefficient (Wildman–Crippen LogP) is 4.11. The van der Waals surface area contributed by atoms with Crippen molar-refractivity contribution in [3.63, 3.8) is 0 Å². The molecule has 2 aromatic rings. The fourth-order valence-corrected chi connectivity index (χ4v) is 3.61. The number of nitriles is 1. The summed E-state index contributed by atoms with van der Waals surface area (Å²) in [4.78, 5) is 13.7. The summed E-state index contributed by atoms with van der Waals surface area (Å²) in [5, 5.41) is 18.2. The third-order valence-corrected chi connectivity index (χ3v) is 4.71. The highest BCUT2D eigenvalue weighted by molar-refractivity contribution is 7.17. The Kier molecular flexibility index (Phi) is 3.76. The molecule has 1 aliphatic rings. The van der Waals surface area contributed by atoms with Gasteiger partial charge in [0.25, 0.3) is 0 Å². The first-order valence-corrected chi connectivity index (χ1v) is 7.91. The number of aromatic nitrogens is 1. The first-order valence-electron chi connectivity index (χ1n) is 7.09. The molecule has 1 aromatic heterocycles. The Morgan fingerprint density at radius 3 is 2.64 bits per heavy atom. The highest BCUT2D eigenvalue weighted by Crippen LogP contribution is 2.42. The lowest BCUT2D eigenvalue weighted by atomic mass is 9.98. The predicted molar refractivity (Wildman–Crippen MR) is 82.6 cm³/mol. The van der Waals surface area contributed by atoms with Crippen LogP contribution in [0, 0.1) is 11.3 Å². The summed E-state index contributed by atoms with van der Waals surface area (Å²) in [6.45, 7) is 3.67. The number of carboxylic acid groups (broad SMARTS) is 1. The third-order valence-electron chi connectivity index (χ3n) is 3.62. The Morgan fingerprint density at radius 2 is 2.12 bits per heavy atom. The highest BCUT2D eigenvalue weighted by Gasteiger charge is 2.40. The largest absolute Gasteiger partial charge is 0.486 e. The van der Waals surface area contributed by atoms with E-state index in [9.17, 15) is 23.2 Å². The average molecular weight is 368 g/mol. The van der Waals surface area contributed by atoms with Crippen LogP contribution in [0.15, 0.2) is 12.1 Å². The number of hydrogen-bond acceptors (Lipinski definition) is 5. The molecule has 0 fully saturated rings. The topological polar surface area (TPSA) is 83.2 Å². The van der Waals surface area contributed by atoms with Crippen LogP contribution in [0.1, 0.15) is 40.3 Å². The van der Waals surface area contributed by atoms with Crippen LogP contribution in [0.3, 0.4) is 0 Å². The van der Waals surface area contributed by atoms with Crippen LogP contribution in [-0.4, -0.2) is 21.7 Å². The van der Waals surface area contributed by atoms with E-state index >= 15 is 0 Å². The molecule has 1 N–H and O–H groups in total. The monoisotopic (exact) mass is 368 g/mol. The highest BCUT2D eigenvalue weighted by atomic mass is 32.1. The molecule has 0 atom stereocenters. The number of rotatable bonds is 2. The molecule has 0 bridgehead atoms. The maximum atomic E-state index is 13.0. The van der Waals surface area contributed by atoms with E-state index in [4.69, 9.17) is 9.84 Å². The molecular formula is C16H11F3N2O3S. The second kappa shape index (κ2) is 5.46. The molecule has 0 saturated carbocycles. The molecule has 0 amide bonds. The van der Waals surface area contributed by atoms with Gasteiger partial charge in [0, 0.05) is 17.5 Å². The van der Waals surface area contributed by atoms with Gasteiger partial charge in [-0.3, -0.25) is 0 Å². The average Bonchev–Trinajstić information content (AvgIpc) is 3.05. The molecule has 0 aliphatic carbocycles. The zero-order valence-electron chi connectivity index (χ0n) is 13.1. The smallest absolute Gasteiger partial charge is 0.435 e. The van der Waals surface area contributed by atoms with Crippen LogP contribution in [0.25, 0.3) is 10.6 Å². The Labute approximate surface area is 144 Å². The zero-order chi connectivity index (χ0) is 18.6. The van der Waals surface area contributed by atoms with Gasteiger partial charge in [0.15, 0.2) is 5.69 Å². The summed E-state index contributed by atoms with van der Waals surface area (Å²) in [5.41, 5.74) is -0.840. The van der Waals surface area contributed by atoms with Crippen LogP contribution >= 0.6 is 11.3 Å². The molecule has 130 valence electrons. The van der Waals surface area contributed by atoms with Crippen molar-refractivity contribution in [1.82, 2.24) is 4.98 Å². The molecule has 0 spiro atoms. The van der Waals surface area contributed by atoms with E-state index in [1.165, 1.54) is 6.07 Å². The van der Waals surface area contributed by atoms with Crippen molar-refractivity contribution in [3.05, 3.63) is 33.8 Å². The van der Waals surface area contributed by atoms with Gasteiger partial charge >= 0.3 is 12.1 Å². The van der Waals surface area contributed by atoms with Crippen LogP contribution in [0.5, 0.6) is 5.75 Å². The number of halogens is 3. The zero-order valence-corrected chi connectivity index (χ0v) is 13.9. The Balaban J connectivity index is 2.16. The van der Waals surface area contributed by atoms with E-state index in [-0.39, 0.29) is 16.1 Å². The number of hydrogen-bond donors (Lipinski definition) is 1. The van der Waals surface area contributed by atoms with Gasteiger partial charge < -0.3 is 9.84 Å². The minimum atomic E-state index is -4.87. The summed E-state index contributed by atoms with van der Waals surface area (Å²) < 4.78 is 44.8. The number of carbonyl (C=O) groups is 1. The van der Waals surface area contributed by atoms with Gasteiger partial charge in [0.05, 0.1) is 5.56 Å². The van der Waals surface area contributed by atoms with E-state index in [0.29, 0.717) is 29.1 Å². The lowest BCUT2D eigenvalue weighted by Crippen LogP contribution is -2.24. The van der Waals surface area contributed by atoms with Gasteiger partial charge in [-0.15, -0.1) is 11.3 Å². The molecular weight excluding hydrogens is 357 g/mol. The quantitative estimate of drug-likeness (QED) is 0.862. The molecule has 5 nitrogen and oxygen atoms in total. The standard InChI is InChI=1S/C16H11F3N2O3S/c1-15(2)5-8-3-7(4-9(6-20)10(8)24-15)13-21-12(16(17,18)19)11(25-13)14(22)23/h3-4H,5H2,1-2H3,(H,22,23). The molecule has 1 aliphatic heterocycles. The molecule has 0 saturated heterocycles. The number of nitrogens with zero attached hydrogens (tertiary/aromatic N) is 2. The van der Waals surface area contributed by atoms with E-state index < -0.39 is 28.3 Å². The van der Waals surface area contributed by atoms with Crippen molar-refractivity contribution in [2.24, 2.45) is 0 Å². The van der Waals surface area contributed by atoms with Crippen molar-refractivity contribution in [1.29, 1.82) is 5.26 Å². The second-order valence-corrected chi connectivity index (χ2v) is 7.16. The van der Waals surface area contributed by atoms with E-state index in [1.54, 1.807) is 6.07 Å². The van der Waals surface area contributed by atoms with Gasteiger partial charge in [0.1, 0.15) is 27.3 Å². The van der Waals surface area contributed by atoms with Crippen LogP contribution in [0.4, 0.5) is 13.2 Å². The third kappa shape index (κ3) is 3.05. The number of carboxylic acids is 1. The lowest BCUT2D eigenvalue weighted by molar-refractivity contribution is -0.141. The van der Waals surface area contributed by atoms with Crippen LogP contribution in [0.2, 0.25) is 0 Å². The van der Waals surface area contributed by atoms with Crippen LogP contribution in [-0.2, 0) is 12.6 Å². The number of aromatic carboxylic acids is 1.